The summed E-state index contributed by atoms with van der Waals surface area (Å²) in [6.45, 7) is 3.47. The lowest BCUT2D eigenvalue weighted by atomic mass is 10.0. The Morgan fingerprint density at radius 3 is 2.33 bits per heavy atom. The molecular weight excluding hydrogens is 212 g/mol. The van der Waals surface area contributed by atoms with Gasteiger partial charge >= 0.3 is 0 Å². The van der Waals surface area contributed by atoms with Gasteiger partial charge in [0.05, 0.1) is 13.2 Å². The van der Waals surface area contributed by atoms with Crippen LogP contribution in [0.15, 0.2) is 24.3 Å². The molecule has 0 amide bonds. The molecule has 1 aromatic carbocycles. The molecule has 1 heterocycles. The first-order chi connectivity index (χ1) is 7.27. The van der Waals surface area contributed by atoms with Crippen LogP contribution in [0.2, 0.25) is 5.02 Å². The topological polar surface area (TPSA) is 18.5 Å². The minimum Gasteiger partial charge on any atom is -0.343 e. The van der Waals surface area contributed by atoms with E-state index in [2.05, 4.69) is 6.92 Å². The van der Waals surface area contributed by atoms with Crippen molar-refractivity contribution in [2.45, 2.75) is 25.6 Å². The van der Waals surface area contributed by atoms with E-state index in [4.69, 9.17) is 21.1 Å². The Hall–Kier alpha value is -0.570. The van der Waals surface area contributed by atoms with Crippen LogP contribution in [0, 0.1) is 0 Å². The standard InChI is InChI=1S/C12H15ClO2/c1-2-7-12(14-8-9-15-12)10-3-5-11(13)6-4-10/h3-6H,2,7-9H2,1H3. The molecule has 0 atom stereocenters. The molecule has 1 aliphatic heterocycles. The second-order valence-corrected chi connectivity index (χ2v) is 4.14. The van der Waals surface area contributed by atoms with Crippen LogP contribution in [0.25, 0.3) is 0 Å². The van der Waals surface area contributed by atoms with Gasteiger partial charge in [-0.05, 0) is 12.1 Å². The van der Waals surface area contributed by atoms with E-state index in [1.54, 1.807) is 0 Å². The van der Waals surface area contributed by atoms with Gasteiger partial charge < -0.3 is 9.47 Å². The normalized spacial score (nSPS) is 19.3. The van der Waals surface area contributed by atoms with E-state index in [1.165, 1.54) is 0 Å². The van der Waals surface area contributed by atoms with Crippen molar-refractivity contribution in [3.63, 3.8) is 0 Å². The molecular formula is C12H15ClO2. The molecule has 1 saturated heterocycles. The summed E-state index contributed by atoms with van der Waals surface area (Å²) in [6.07, 6.45) is 1.91. The molecule has 15 heavy (non-hydrogen) atoms. The molecule has 0 aliphatic carbocycles. The fourth-order valence-corrected chi connectivity index (χ4v) is 2.07. The molecule has 1 aliphatic rings. The minimum absolute atomic E-state index is 0.528. The maximum Gasteiger partial charge on any atom is 0.194 e. The summed E-state index contributed by atoms with van der Waals surface area (Å²) >= 11 is 5.86. The van der Waals surface area contributed by atoms with Gasteiger partial charge in [0.1, 0.15) is 0 Å². The van der Waals surface area contributed by atoms with Crippen LogP contribution in [0.4, 0.5) is 0 Å². The number of halogens is 1. The summed E-state index contributed by atoms with van der Waals surface area (Å²) in [7, 11) is 0. The Bertz CT molecular complexity index is 315. The quantitative estimate of drug-likeness (QED) is 0.787. The van der Waals surface area contributed by atoms with E-state index in [1.807, 2.05) is 24.3 Å². The summed E-state index contributed by atoms with van der Waals surface area (Å²) in [6, 6.07) is 7.70. The highest BCUT2D eigenvalue weighted by Crippen LogP contribution is 2.36. The molecule has 1 fully saturated rings. The summed E-state index contributed by atoms with van der Waals surface area (Å²) in [4.78, 5) is 0. The molecule has 3 heteroatoms. The fourth-order valence-electron chi connectivity index (χ4n) is 1.94. The van der Waals surface area contributed by atoms with E-state index >= 15 is 0 Å². The van der Waals surface area contributed by atoms with Crippen molar-refractivity contribution >= 4 is 11.6 Å². The number of benzene rings is 1. The molecule has 2 nitrogen and oxygen atoms in total. The molecule has 2 rings (SSSR count). The van der Waals surface area contributed by atoms with E-state index in [0.29, 0.717) is 13.2 Å². The van der Waals surface area contributed by atoms with Crippen molar-refractivity contribution in [1.82, 2.24) is 0 Å². The third-order valence-corrected chi connectivity index (χ3v) is 2.87. The van der Waals surface area contributed by atoms with Crippen LogP contribution in [-0.4, -0.2) is 13.2 Å². The molecule has 0 N–H and O–H groups in total. The van der Waals surface area contributed by atoms with Crippen LogP contribution >= 0.6 is 11.6 Å². The Balaban J connectivity index is 2.28. The molecule has 0 radical (unpaired) electrons. The largest absolute Gasteiger partial charge is 0.343 e. The summed E-state index contributed by atoms with van der Waals surface area (Å²) in [5.41, 5.74) is 1.06. The van der Waals surface area contributed by atoms with E-state index in [-0.39, 0.29) is 0 Å². The highest BCUT2D eigenvalue weighted by Gasteiger charge is 2.37. The molecule has 0 aromatic heterocycles. The Morgan fingerprint density at radius 2 is 1.80 bits per heavy atom. The summed E-state index contributed by atoms with van der Waals surface area (Å²) in [5, 5.41) is 0.739. The maximum absolute atomic E-state index is 5.86. The number of ether oxygens (including phenoxy) is 2. The van der Waals surface area contributed by atoms with Gasteiger partial charge in [-0.15, -0.1) is 0 Å². The van der Waals surface area contributed by atoms with Crippen molar-refractivity contribution in [1.29, 1.82) is 0 Å². The van der Waals surface area contributed by atoms with Gasteiger partial charge in [0.25, 0.3) is 0 Å². The van der Waals surface area contributed by atoms with Gasteiger partial charge in [-0.25, -0.2) is 0 Å². The van der Waals surface area contributed by atoms with Crippen molar-refractivity contribution in [3.05, 3.63) is 34.9 Å². The maximum atomic E-state index is 5.86. The predicted octanol–water partition coefficient (Wildman–Crippen LogP) is 3.34. The van der Waals surface area contributed by atoms with E-state index < -0.39 is 5.79 Å². The first-order valence-electron chi connectivity index (χ1n) is 5.31. The number of hydrogen-bond donors (Lipinski definition) is 0. The van der Waals surface area contributed by atoms with Crippen molar-refractivity contribution in [3.8, 4) is 0 Å². The second kappa shape index (κ2) is 4.52. The summed E-state index contributed by atoms with van der Waals surface area (Å²) in [5.74, 6) is -0.528. The van der Waals surface area contributed by atoms with Crippen LogP contribution in [0.1, 0.15) is 25.3 Å². The van der Waals surface area contributed by atoms with Gasteiger partial charge in [-0.3, -0.25) is 0 Å². The van der Waals surface area contributed by atoms with Crippen molar-refractivity contribution < 1.29 is 9.47 Å². The van der Waals surface area contributed by atoms with Crippen LogP contribution in [0.5, 0.6) is 0 Å². The molecule has 1 aromatic rings. The molecule has 0 bridgehead atoms. The lowest BCUT2D eigenvalue weighted by molar-refractivity contribution is -0.170. The fraction of sp³-hybridized carbons (Fsp3) is 0.500. The van der Waals surface area contributed by atoms with E-state index in [0.717, 1.165) is 23.4 Å². The van der Waals surface area contributed by atoms with Gasteiger partial charge in [0, 0.05) is 17.0 Å². The van der Waals surface area contributed by atoms with Crippen molar-refractivity contribution in [2.75, 3.05) is 13.2 Å². The lowest BCUT2D eigenvalue weighted by Gasteiger charge is -2.27. The first kappa shape index (κ1) is 10.9. The van der Waals surface area contributed by atoms with Crippen LogP contribution in [0.3, 0.4) is 0 Å². The average molecular weight is 227 g/mol. The monoisotopic (exact) mass is 226 g/mol. The first-order valence-corrected chi connectivity index (χ1v) is 5.68. The molecule has 0 unspecified atom stereocenters. The lowest BCUT2D eigenvalue weighted by Crippen LogP contribution is -2.26. The molecule has 0 saturated carbocycles. The van der Waals surface area contributed by atoms with Crippen LogP contribution in [-0.2, 0) is 15.3 Å². The van der Waals surface area contributed by atoms with E-state index in [9.17, 15) is 0 Å². The second-order valence-electron chi connectivity index (χ2n) is 3.71. The van der Waals surface area contributed by atoms with Gasteiger partial charge in [-0.1, -0.05) is 37.1 Å². The van der Waals surface area contributed by atoms with Gasteiger partial charge in [0.15, 0.2) is 5.79 Å². The molecule has 82 valence electrons. The average Bonchev–Trinajstić information content (AvgIpc) is 2.69. The Labute approximate surface area is 95.1 Å². The summed E-state index contributed by atoms with van der Waals surface area (Å²) < 4.78 is 11.5. The zero-order valence-electron chi connectivity index (χ0n) is 8.83. The van der Waals surface area contributed by atoms with Crippen molar-refractivity contribution in [2.24, 2.45) is 0 Å². The highest BCUT2D eigenvalue weighted by atomic mass is 35.5. The van der Waals surface area contributed by atoms with Gasteiger partial charge in [0.2, 0.25) is 0 Å². The number of rotatable bonds is 3. The number of hydrogen-bond acceptors (Lipinski definition) is 2. The smallest absolute Gasteiger partial charge is 0.194 e. The molecule has 0 spiro atoms. The minimum atomic E-state index is -0.528. The van der Waals surface area contributed by atoms with Crippen LogP contribution < -0.4 is 0 Å². The third kappa shape index (κ3) is 2.17. The SMILES string of the molecule is CCCC1(c2ccc(Cl)cc2)OCCO1. The zero-order chi connectivity index (χ0) is 10.7. The zero-order valence-corrected chi connectivity index (χ0v) is 9.59. The predicted molar refractivity (Wildman–Crippen MR) is 59.9 cm³/mol. The Kier molecular flexibility index (Phi) is 3.29. The van der Waals surface area contributed by atoms with Gasteiger partial charge in [-0.2, -0.15) is 0 Å². The third-order valence-electron chi connectivity index (χ3n) is 2.62. The highest BCUT2D eigenvalue weighted by molar-refractivity contribution is 6.30. The Morgan fingerprint density at radius 1 is 1.20 bits per heavy atom.